The van der Waals surface area contributed by atoms with Crippen molar-refractivity contribution in [2.45, 2.75) is 38.6 Å². The van der Waals surface area contributed by atoms with Crippen LogP contribution in [-0.2, 0) is 16.6 Å². The summed E-state index contributed by atoms with van der Waals surface area (Å²) in [4.78, 5) is 28.1. The quantitative estimate of drug-likeness (QED) is 0.553. The Labute approximate surface area is 194 Å². The molecule has 0 saturated heterocycles. The fourth-order valence-corrected chi connectivity index (χ4v) is 3.66. The zero-order valence-electron chi connectivity index (χ0n) is 20.0. The number of methoxy groups -OCH3 is 2. The molecule has 0 aliphatic rings. The Bertz CT molecular complexity index is 1100. The molecular formula is C26H31N3O4. The molecule has 0 bridgehead atoms. The third kappa shape index (κ3) is 5.61. The number of likely N-dealkylation sites (N-methyl/N-ethyl adjacent to an activating group) is 1. The van der Waals surface area contributed by atoms with Gasteiger partial charge in [0.2, 0.25) is 5.88 Å². The zero-order chi connectivity index (χ0) is 24.2. The number of carbonyl (C=O) groups excluding carboxylic acids is 2. The second-order valence-corrected chi connectivity index (χ2v) is 9.01. The van der Waals surface area contributed by atoms with Crippen LogP contribution in [0.25, 0.3) is 0 Å². The smallest absolute Gasteiger partial charge is 0.272 e. The normalized spacial score (nSPS) is 12.2. The van der Waals surface area contributed by atoms with Gasteiger partial charge in [-0.2, -0.15) is 0 Å². The van der Waals surface area contributed by atoms with Gasteiger partial charge in [0.05, 0.1) is 14.2 Å². The van der Waals surface area contributed by atoms with Crippen molar-refractivity contribution in [2.75, 3.05) is 21.3 Å². The Morgan fingerprint density at radius 3 is 2.15 bits per heavy atom. The zero-order valence-corrected chi connectivity index (χ0v) is 20.0. The molecule has 3 rings (SSSR count). The van der Waals surface area contributed by atoms with Gasteiger partial charge in [-0.25, -0.2) is 0 Å². The monoisotopic (exact) mass is 449 g/mol. The second-order valence-electron chi connectivity index (χ2n) is 9.01. The third-order valence-electron chi connectivity index (χ3n) is 5.64. The SMILES string of the molecule is COc1ccc(C(C(=O)Cc2ccc(C(C)(C)C)cc2)N(C)C(=O)c2cc(OC)n[nH]2)cc1. The first-order chi connectivity index (χ1) is 15.6. The molecule has 1 amide bonds. The number of carbonyl (C=O) groups is 2. The number of nitrogens with one attached hydrogen (secondary N) is 1. The second kappa shape index (κ2) is 9.90. The number of hydrogen-bond acceptors (Lipinski definition) is 5. The number of hydrogen-bond donors (Lipinski definition) is 1. The van der Waals surface area contributed by atoms with Gasteiger partial charge in [0.25, 0.3) is 5.91 Å². The van der Waals surface area contributed by atoms with Gasteiger partial charge in [0.15, 0.2) is 5.78 Å². The van der Waals surface area contributed by atoms with Crippen LogP contribution < -0.4 is 9.47 Å². The van der Waals surface area contributed by atoms with Crippen molar-refractivity contribution in [3.8, 4) is 11.6 Å². The number of rotatable bonds is 8. The molecule has 1 atom stereocenters. The lowest BCUT2D eigenvalue weighted by Gasteiger charge is -2.27. The molecule has 0 spiro atoms. The highest BCUT2D eigenvalue weighted by Gasteiger charge is 2.30. The third-order valence-corrected chi connectivity index (χ3v) is 5.64. The number of ketones is 1. The highest BCUT2D eigenvalue weighted by Crippen LogP contribution is 2.27. The number of aromatic nitrogens is 2. The fourth-order valence-electron chi connectivity index (χ4n) is 3.66. The minimum atomic E-state index is -0.778. The van der Waals surface area contributed by atoms with E-state index in [2.05, 4.69) is 43.1 Å². The molecule has 3 aromatic rings. The van der Waals surface area contributed by atoms with Crippen molar-refractivity contribution in [3.05, 3.63) is 77.0 Å². The molecule has 0 saturated carbocycles. The lowest BCUT2D eigenvalue weighted by Crippen LogP contribution is -2.37. The molecule has 1 heterocycles. The summed E-state index contributed by atoms with van der Waals surface area (Å²) < 4.78 is 10.3. The maximum atomic E-state index is 13.5. The van der Waals surface area contributed by atoms with Gasteiger partial charge in [0.1, 0.15) is 17.5 Å². The van der Waals surface area contributed by atoms with Gasteiger partial charge in [-0.05, 0) is 34.2 Å². The number of H-pyrrole nitrogens is 1. The molecule has 0 fully saturated rings. The fraction of sp³-hybridized carbons (Fsp3) is 0.346. The first-order valence-corrected chi connectivity index (χ1v) is 10.8. The minimum Gasteiger partial charge on any atom is -0.497 e. The summed E-state index contributed by atoms with van der Waals surface area (Å²) in [6.45, 7) is 6.45. The van der Waals surface area contributed by atoms with Crippen molar-refractivity contribution < 1.29 is 19.1 Å². The summed E-state index contributed by atoms with van der Waals surface area (Å²) in [7, 11) is 4.67. The van der Waals surface area contributed by atoms with E-state index in [1.54, 1.807) is 38.4 Å². The van der Waals surface area contributed by atoms with Gasteiger partial charge < -0.3 is 14.4 Å². The van der Waals surface area contributed by atoms with E-state index >= 15 is 0 Å². The molecule has 0 radical (unpaired) electrons. The van der Waals surface area contributed by atoms with Crippen molar-refractivity contribution >= 4 is 11.7 Å². The summed E-state index contributed by atoms with van der Waals surface area (Å²) in [6.07, 6.45) is 0.199. The maximum absolute atomic E-state index is 13.5. The van der Waals surface area contributed by atoms with Crippen LogP contribution in [0.2, 0.25) is 0 Å². The van der Waals surface area contributed by atoms with Crippen LogP contribution in [0, 0.1) is 0 Å². The molecule has 1 unspecified atom stereocenters. The van der Waals surface area contributed by atoms with Gasteiger partial charge in [0, 0.05) is 19.5 Å². The summed E-state index contributed by atoms with van der Waals surface area (Å²) in [5.41, 5.74) is 3.08. The van der Waals surface area contributed by atoms with Crippen LogP contribution in [0.15, 0.2) is 54.6 Å². The molecule has 1 N–H and O–H groups in total. The van der Waals surface area contributed by atoms with Crippen LogP contribution >= 0.6 is 0 Å². The Kier molecular flexibility index (Phi) is 7.21. The van der Waals surface area contributed by atoms with E-state index in [-0.39, 0.29) is 29.2 Å². The van der Waals surface area contributed by atoms with E-state index in [1.165, 1.54) is 23.6 Å². The summed E-state index contributed by atoms with van der Waals surface area (Å²) in [5, 5.41) is 6.61. The van der Waals surface area contributed by atoms with E-state index < -0.39 is 6.04 Å². The molecule has 33 heavy (non-hydrogen) atoms. The van der Waals surface area contributed by atoms with Crippen LogP contribution in [0.5, 0.6) is 11.6 Å². The minimum absolute atomic E-state index is 0.0337. The molecule has 2 aromatic carbocycles. The van der Waals surface area contributed by atoms with Crippen LogP contribution in [0.3, 0.4) is 0 Å². The summed E-state index contributed by atoms with van der Waals surface area (Å²) in [5.74, 6) is 0.530. The Morgan fingerprint density at radius 2 is 1.64 bits per heavy atom. The number of nitrogens with zero attached hydrogens (tertiary/aromatic N) is 2. The summed E-state index contributed by atoms with van der Waals surface area (Å²) in [6, 6.07) is 16.0. The molecule has 0 aliphatic carbocycles. The van der Waals surface area contributed by atoms with E-state index in [1.807, 2.05) is 12.1 Å². The van der Waals surface area contributed by atoms with Crippen molar-refractivity contribution in [3.63, 3.8) is 0 Å². The number of aromatic amines is 1. The first kappa shape index (κ1) is 24.0. The largest absolute Gasteiger partial charge is 0.497 e. The molecule has 174 valence electrons. The predicted molar refractivity (Wildman–Crippen MR) is 127 cm³/mol. The topological polar surface area (TPSA) is 84.5 Å². The van der Waals surface area contributed by atoms with Crippen molar-refractivity contribution in [1.82, 2.24) is 15.1 Å². The molecular weight excluding hydrogens is 418 g/mol. The van der Waals surface area contributed by atoms with Crippen LogP contribution in [-0.4, -0.2) is 48.1 Å². The molecule has 1 aromatic heterocycles. The Morgan fingerprint density at radius 1 is 1.00 bits per heavy atom. The van der Waals surface area contributed by atoms with E-state index in [9.17, 15) is 9.59 Å². The first-order valence-electron chi connectivity index (χ1n) is 10.8. The van der Waals surface area contributed by atoms with Crippen molar-refractivity contribution in [2.24, 2.45) is 0 Å². The Hall–Kier alpha value is -3.61. The van der Waals surface area contributed by atoms with Crippen LogP contribution in [0.1, 0.15) is 54.0 Å². The molecule has 0 aliphatic heterocycles. The Balaban J connectivity index is 1.90. The van der Waals surface area contributed by atoms with Gasteiger partial charge >= 0.3 is 0 Å². The number of amides is 1. The predicted octanol–water partition coefficient (Wildman–Crippen LogP) is 4.35. The number of ether oxygens (including phenoxy) is 2. The lowest BCUT2D eigenvalue weighted by molar-refractivity contribution is -0.122. The highest BCUT2D eigenvalue weighted by atomic mass is 16.5. The number of benzene rings is 2. The maximum Gasteiger partial charge on any atom is 0.272 e. The number of Topliss-reactive ketones (excluding diaryl/α,β-unsaturated/α-hetero) is 1. The van der Waals surface area contributed by atoms with E-state index in [0.717, 1.165) is 5.56 Å². The van der Waals surface area contributed by atoms with Gasteiger partial charge in [-0.3, -0.25) is 14.7 Å². The standard InChI is InChI=1S/C26H31N3O4/c1-26(2,3)19-11-7-17(8-12-19)15-22(30)24(18-9-13-20(32-5)14-10-18)29(4)25(31)21-16-23(33-6)28-27-21/h7-14,16,24H,15H2,1-6H3,(H,27,28). The van der Waals surface area contributed by atoms with Gasteiger partial charge in [-0.15, -0.1) is 5.10 Å². The lowest BCUT2D eigenvalue weighted by atomic mass is 9.86. The average Bonchev–Trinajstić information content (AvgIpc) is 3.28. The van der Waals surface area contributed by atoms with Gasteiger partial charge in [-0.1, -0.05) is 57.2 Å². The van der Waals surface area contributed by atoms with E-state index in [0.29, 0.717) is 17.2 Å². The summed E-state index contributed by atoms with van der Waals surface area (Å²) >= 11 is 0. The van der Waals surface area contributed by atoms with E-state index in [4.69, 9.17) is 9.47 Å². The molecule has 7 heteroatoms. The van der Waals surface area contributed by atoms with Crippen LogP contribution in [0.4, 0.5) is 0 Å². The van der Waals surface area contributed by atoms with Crippen molar-refractivity contribution in [1.29, 1.82) is 0 Å². The molecule has 7 nitrogen and oxygen atoms in total. The average molecular weight is 450 g/mol. The highest BCUT2D eigenvalue weighted by molar-refractivity contribution is 5.97.